The number of rotatable bonds is 8. The highest BCUT2D eigenvalue weighted by Crippen LogP contribution is 2.27. The van der Waals surface area contributed by atoms with E-state index in [9.17, 15) is 18.0 Å². The Morgan fingerprint density at radius 1 is 1.00 bits per heavy atom. The summed E-state index contributed by atoms with van der Waals surface area (Å²) in [4.78, 5) is 24.5. The number of benzene rings is 3. The highest BCUT2D eigenvalue weighted by Gasteiger charge is 2.27. The van der Waals surface area contributed by atoms with Gasteiger partial charge in [-0.15, -0.1) is 0 Å². The van der Waals surface area contributed by atoms with Gasteiger partial charge in [0.15, 0.2) is 0 Å². The molecule has 0 aliphatic heterocycles. The summed E-state index contributed by atoms with van der Waals surface area (Å²) in [6, 6.07) is 19.0. The maximum atomic E-state index is 13.4. The van der Waals surface area contributed by atoms with Crippen LogP contribution in [0.4, 0.5) is 11.4 Å². The van der Waals surface area contributed by atoms with Gasteiger partial charge in [-0.25, -0.2) is 8.42 Å². The van der Waals surface area contributed by atoms with Crippen LogP contribution < -0.4 is 20.1 Å². The number of hydrogen-bond donors (Lipinski definition) is 2. The number of carbonyl (C=O) groups excluding carboxylic acids is 2. The second-order valence-corrected chi connectivity index (χ2v) is 8.78. The van der Waals surface area contributed by atoms with Crippen molar-refractivity contribution in [2.45, 2.75) is 11.8 Å². The molecular formula is C23H23N3O5S. The topological polar surface area (TPSA) is 119 Å². The molecule has 3 aromatic rings. The first kappa shape index (κ1) is 22.8. The molecule has 0 radical (unpaired) electrons. The molecule has 0 aromatic heterocycles. The molecule has 8 nitrogen and oxygen atoms in total. The molecule has 0 spiro atoms. The third kappa shape index (κ3) is 4.89. The Balaban J connectivity index is 1.97. The van der Waals surface area contributed by atoms with Crippen LogP contribution in [0.5, 0.6) is 5.75 Å². The number of primary amides is 1. The van der Waals surface area contributed by atoms with Crippen molar-refractivity contribution in [2.75, 3.05) is 23.3 Å². The summed E-state index contributed by atoms with van der Waals surface area (Å²) < 4.78 is 33.0. The van der Waals surface area contributed by atoms with Crippen LogP contribution in [0, 0.1) is 6.92 Å². The van der Waals surface area contributed by atoms with E-state index in [-0.39, 0.29) is 16.1 Å². The predicted molar refractivity (Wildman–Crippen MR) is 122 cm³/mol. The number of hydrogen-bond acceptors (Lipinski definition) is 5. The number of amides is 2. The summed E-state index contributed by atoms with van der Waals surface area (Å²) in [5.74, 6) is -0.763. The van der Waals surface area contributed by atoms with Gasteiger partial charge in [0.25, 0.3) is 10.0 Å². The summed E-state index contributed by atoms with van der Waals surface area (Å²) >= 11 is 0. The first-order valence-electron chi connectivity index (χ1n) is 9.65. The largest absolute Gasteiger partial charge is 0.497 e. The van der Waals surface area contributed by atoms with Crippen LogP contribution in [0.3, 0.4) is 0 Å². The summed E-state index contributed by atoms with van der Waals surface area (Å²) in [6.07, 6.45) is 0. The third-order valence-electron chi connectivity index (χ3n) is 4.83. The molecule has 0 aliphatic carbocycles. The zero-order chi connectivity index (χ0) is 23.3. The maximum absolute atomic E-state index is 13.4. The molecule has 3 rings (SSSR count). The Kier molecular flexibility index (Phi) is 6.79. The lowest BCUT2D eigenvalue weighted by molar-refractivity contribution is -0.114. The van der Waals surface area contributed by atoms with Gasteiger partial charge in [0.2, 0.25) is 11.8 Å². The average molecular weight is 454 g/mol. The van der Waals surface area contributed by atoms with Gasteiger partial charge >= 0.3 is 0 Å². The van der Waals surface area contributed by atoms with Crippen molar-refractivity contribution in [3.63, 3.8) is 0 Å². The van der Waals surface area contributed by atoms with Crippen LogP contribution >= 0.6 is 0 Å². The van der Waals surface area contributed by atoms with Crippen molar-refractivity contribution in [2.24, 2.45) is 5.73 Å². The second-order valence-electron chi connectivity index (χ2n) is 6.92. The molecule has 0 fully saturated rings. The van der Waals surface area contributed by atoms with Crippen molar-refractivity contribution in [1.29, 1.82) is 0 Å². The van der Waals surface area contributed by atoms with Crippen molar-refractivity contribution >= 4 is 33.2 Å². The molecule has 9 heteroatoms. The number of nitrogens with one attached hydrogen (secondary N) is 1. The Morgan fingerprint density at radius 3 is 2.34 bits per heavy atom. The maximum Gasteiger partial charge on any atom is 0.264 e. The molecule has 3 aromatic carbocycles. The number of carbonyl (C=O) groups is 2. The van der Waals surface area contributed by atoms with E-state index in [2.05, 4.69) is 5.32 Å². The fraction of sp³-hybridized carbons (Fsp3) is 0.130. The molecule has 0 bridgehead atoms. The van der Waals surface area contributed by atoms with Crippen LogP contribution in [-0.4, -0.2) is 33.9 Å². The fourth-order valence-electron chi connectivity index (χ4n) is 3.16. The average Bonchev–Trinajstić information content (AvgIpc) is 2.79. The molecule has 0 aliphatic rings. The number of methoxy groups -OCH3 is 1. The smallest absolute Gasteiger partial charge is 0.264 e. The normalized spacial score (nSPS) is 10.9. The Labute approximate surface area is 186 Å². The van der Waals surface area contributed by atoms with Gasteiger partial charge in [-0.3, -0.25) is 13.9 Å². The molecule has 0 saturated heterocycles. The minimum Gasteiger partial charge on any atom is -0.497 e. The molecule has 0 saturated carbocycles. The lowest BCUT2D eigenvalue weighted by Crippen LogP contribution is -2.38. The monoisotopic (exact) mass is 453 g/mol. The van der Waals surface area contributed by atoms with E-state index in [1.165, 1.54) is 25.3 Å². The molecule has 166 valence electrons. The van der Waals surface area contributed by atoms with E-state index >= 15 is 0 Å². The zero-order valence-electron chi connectivity index (χ0n) is 17.6. The standard InChI is InChI=1S/C23H23N3O5S/c1-16-20(23(24)28)12-7-13-21(16)25-22(27)15-26(17-8-6-9-18(14-17)31-2)32(29,30)19-10-4-3-5-11-19/h3-14H,15H2,1-2H3,(H2,24,28)(H,25,27). The first-order chi connectivity index (χ1) is 15.2. The van der Waals surface area contributed by atoms with Crippen LogP contribution in [0.2, 0.25) is 0 Å². The van der Waals surface area contributed by atoms with E-state index in [1.807, 2.05) is 0 Å². The highest BCUT2D eigenvalue weighted by atomic mass is 32.2. The van der Waals surface area contributed by atoms with Gasteiger partial charge in [-0.1, -0.05) is 30.3 Å². The van der Waals surface area contributed by atoms with Crippen molar-refractivity contribution < 1.29 is 22.7 Å². The summed E-state index contributed by atoms with van der Waals surface area (Å²) in [5.41, 5.74) is 6.77. The lowest BCUT2D eigenvalue weighted by Gasteiger charge is -2.24. The van der Waals surface area contributed by atoms with Crippen molar-refractivity contribution in [3.05, 3.63) is 83.9 Å². The van der Waals surface area contributed by atoms with Gasteiger partial charge < -0.3 is 15.8 Å². The number of nitrogens with two attached hydrogens (primary N) is 1. The number of anilines is 2. The molecule has 0 unspecified atom stereocenters. The summed E-state index contributed by atoms with van der Waals surface area (Å²) in [6.45, 7) is 1.15. The molecular weight excluding hydrogens is 430 g/mol. The van der Waals surface area contributed by atoms with Crippen molar-refractivity contribution in [1.82, 2.24) is 0 Å². The summed E-state index contributed by atoms with van der Waals surface area (Å²) in [7, 11) is -2.59. The molecule has 0 atom stereocenters. The van der Waals surface area contributed by atoms with Gasteiger partial charge in [-0.05, 0) is 48.9 Å². The van der Waals surface area contributed by atoms with Crippen LogP contribution in [0.1, 0.15) is 15.9 Å². The molecule has 0 heterocycles. The Morgan fingerprint density at radius 2 is 1.69 bits per heavy atom. The Bertz CT molecular complexity index is 1240. The zero-order valence-corrected chi connectivity index (χ0v) is 18.4. The minimum absolute atomic E-state index is 0.0440. The highest BCUT2D eigenvalue weighted by molar-refractivity contribution is 7.92. The predicted octanol–water partition coefficient (Wildman–Crippen LogP) is 2.94. The third-order valence-corrected chi connectivity index (χ3v) is 6.62. The van der Waals surface area contributed by atoms with E-state index in [0.29, 0.717) is 17.0 Å². The van der Waals surface area contributed by atoms with Crippen LogP contribution in [0.25, 0.3) is 0 Å². The minimum atomic E-state index is -4.06. The fourth-order valence-corrected chi connectivity index (χ4v) is 4.59. The molecule has 2 amide bonds. The number of ether oxygens (including phenoxy) is 1. The number of nitrogens with zero attached hydrogens (tertiary/aromatic N) is 1. The van der Waals surface area contributed by atoms with Gasteiger partial charge in [0.1, 0.15) is 12.3 Å². The second kappa shape index (κ2) is 9.52. The van der Waals surface area contributed by atoms with Crippen LogP contribution in [-0.2, 0) is 14.8 Å². The molecule has 32 heavy (non-hydrogen) atoms. The van der Waals surface area contributed by atoms with Gasteiger partial charge in [-0.2, -0.15) is 0 Å². The first-order valence-corrected chi connectivity index (χ1v) is 11.1. The SMILES string of the molecule is COc1cccc(N(CC(=O)Nc2cccc(C(N)=O)c2C)S(=O)(=O)c2ccccc2)c1. The van der Waals surface area contributed by atoms with E-state index in [1.54, 1.807) is 61.5 Å². The van der Waals surface area contributed by atoms with E-state index < -0.39 is 28.4 Å². The Hall–Kier alpha value is -3.85. The van der Waals surface area contributed by atoms with E-state index in [4.69, 9.17) is 10.5 Å². The molecule has 3 N–H and O–H groups in total. The van der Waals surface area contributed by atoms with Crippen molar-refractivity contribution in [3.8, 4) is 5.75 Å². The van der Waals surface area contributed by atoms with Crippen LogP contribution in [0.15, 0.2) is 77.7 Å². The van der Waals surface area contributed by atoms with Gasteiger partial charge in [0.05, 0.1) is 17.7 Å². The quantitative estimate of drug-likeness (QED) is 0.544. The number of sulfonamides is 1. The summed E-state index contributed by atoms with van der Waals surface area (Å²) in [5, 5.41) is 2.67. The van der Waals surface area contributed by atoms with Gasteiger partial charge in [0, 0.05) is 17.3 Å². The van der Waals surface area contributed by atoms with E-state index in [0.717, 1.165) is 4.31 Å². The lowest BCUT2D eigenvalue weighted by atomic mass is 10.1.